The fourth-order valence-corrected chi connectivity index (χ4v) is 2.74. The summed E-state index contributed by atoms with van der Waals surface area (Å²) in [6.07, 6.45) is 5.93. The smallest absolute Gasteiger partial charge is 0.223 e. The molecule has 2 aromatic heterocycles. The third kappa shape index (κ3) is 2.35. The van der Waals surface area contributed by atoms with Crippen molar-refractivity contribution in [1.82, 2.24) is 15.0 Å². The highest BCUT2D eigenvalue weighted by Crippen LogP contribution is 2.35. The summed E-state index contributed by atoms with van der Waals surface area (Å²) in [5, 5.41) is 3.03. The first-order valence-corrected chi connectivity index (χ1v) is 6.99. The molecule has 0 bridgehead atoms. The van der Waals surface area contributed by atoms with Crippen molar-refractivity contribution in [3.63, 3.8) is 0 Å². The van der Waals surface area contributed by atoms with Crippen LogP contribution >= 0.6 is 0 Å². The Morgan fingerprint density at radius 1 is 1.35 bits per heavy atom. The minimum Gasteiger partial charge on any atom is -0.354 e. The van der Waals surface area contributed by atoms with Crippen molar-refractivity contribution in [2.45, 2.75) is 32.1 Å². The molecule has 1 aliphatic carbocycles. The fraction of sp³-hybridized carbons (Fsp3) is 0.400. The van der Waals surface area contributed by atoms with E-state index in [2.05, 4.69) is 26.3 Å². The van der Waals surface area contributed by atoms with E-state index in [0.717, 1.165) is 25.0 Å². The van der Waals surface area contributed by atoms with Crippen molar-refractivity contribution in [3.8, 4) is 0 Å². The second-order valence-electron chi connectivity index (χ2n) is 4.95. The lowest BCUT2D eigenvalue weighted by Crippen LogP contribution is -2.17. The summed E-state index contributed by atoms with van der Waals surface area (Å²) in [6.45, 7) is 2.68. The summed E-state index contributed by atoms with van der Waals surface area (Å²) < 4.78 is 14.1. The second-order valence-corrected chi connectivity index (χ2v) is 4.95. The highest BCUT2D eigenvalue weighted by atomic mass is 19.1. The zero-order valence-electron chi connectivity index (χ0n) is 11.4. The topological polar surface area (TPSA) is 50.7 Å². The van der Waals surface area contributed by atoms with Crippen LogP contribution in [0, 0.1) is 5.82 Å². The van der Waals surface area contributed by atoms with Gasteiger partial charge in [-0.1, -0.05) is 6.07 Å². The number of pyridine rings is 1. The van der Waals surface area contributed by atoms with Crippen LogP contribution in [0.25, 0.3) is 0 Å². The number of rotatable bonds is 3. The van der Waals surface area contributed by atoms with Crippen molar-refractivity contribution >= 4 is 5.95 Å². The number of fused-ring (bicyclic) bond motifs is 1. The molecule has 2 heterocycles. The molecule has 1 unspecified atom stereocenters. The summed E-state index contributed by atoms with van der Waals surface area (Å²) in [5.41, 5.74) is 2.61. The molecule has 0 radical (unpaired) electrons. The minimum absolute atomic E-state index is 0.0691. The summed E-state index contributed by atoms with van der Waals surface area (Å²) >= 11 is 0. The Kier molecular flexibility index (Phi) is 3.58. The first-order chi connectivity index (χ1) is 9.79. The summed E-state index contributed by atoms with van der Waals surface area (Å²) in [5.74, 6) is 0.0578. The Bertz CT molecular complexity index is 615. The third-order valence-electron chi connectivity index (χ3n) is 3.63. The molecule has 0 amide bonds. The third-order valence-corrected chi connectivity index (χ3v) is 3.63. The molecular formula is C15H17FN4. The van der Waals surface area contributed by atoms with Crippen LogP contribution in [-0.2, 0) is 6.42 Å². The molecular weight excluding hydrogens is 255 g/mol. The van der Waals surface area contributed by atoms with E-state index in [-0.39, 0.29) is 11.7 Å². The average Bonchev–Trinajstić information content (AvgIpc) is 2.49. The van der Waals surface area contributed by atoms with Gasteiger partial charge in [0.2, 0.25) is 5.95 Å². The first kappa shape index (κ1) is 13.0. The SMILES string of the molecule is CCNc1ncc(F)c(C2CCCc3cccnc32)n1. The van der Waals surface area contributed by atoms with E-state index in [9.17, 15) is 4.39 Å². The van der Waals surface area contributed by atoms with Gasteiger partial charge in [0.05, 0.1) is 17.6 Å². The molecule has 3 rings (SSSR count). The predicted octanol–water partition coefficient (Wildman–Crippen LogP) is 2.91. The van der Waals surface area contributed by atoms with E-state index in [1.54, 1.807) is 6.20 Å². The molecule has 0 saturated heterocycles. The highest BCUT2D eigenvalue weighted by molar-refractivity contribution is 5.35. The predicted molar refractivity (Wildman–Crippen MR) is 75.2 cm³/mol. The molecule has 5 heteroatoms. The summed E-state index contributed by atoms with van der Waals surface area (Å²) in [4.78, 5) is 12.8. The lowest BCUT2D eigenvalue weighted by Gasteiger charge is -2.24. The molecule has 4 nitrogen and oxygen atoms in total. The van der Waals surface area contributed by atoms with Crippen LogP contribution in [-0.4, -0.2) is 21.5 Å². The van der Waals surface area contributed by atoms with Crippen LogP contribution in [0.2, 0.25) is 0 Å². The minimum atomic E-state index is -0.352. The molecule has 0 aromatic carbocycles. The molecule has 0 spiro atoms. The van der Waals surface area contributed by atoms with Crippen LogP contribution in [0.3, 0.4) is 0 Å². The fourth-order valence-electron chi connectivity index (χ4n) is 2.74. The maximum Gasteiger partial charge on any atom is 0.223 e. The van der Waals surface area contributed by atoms with Gasteiger partial charge < -0.3 is 5.32 Å². The lowest BCUT2D eigenvalue weighted by molar-refractivity contribution is 0.531. The van der Waals surface area contributed by atoms with Gasteiger partial charge in [-0.2, -0.15) is 0 Å². The molecule has 20 heavy (non-hydrogen) atoms. The largest absolute Gasteiger partial charge is 0.354 e. The lowest BCUT2D eigenvalue weighted by atomic mass is 9.84. The van der Waals surface area contributed by atoms with Crippen LogP contribution in [0.15, 0.2) is 24.5 Å². The van der Waals surface area contributed by atoms with E-state index in [1.807, 2.05) is 13.0 Å². The van der Waals surface area contributed by atoms with Crippen molar-refractivity contribution in [3.05, 3.63) is 47.3 Å². The zero-order chi connectivity index (χ0) is 13.9. The zero-order valence-corrected chi connectivity index (χ0v) is 11.4. The Balaban J connectivity index is 2.03. The maximum atomic E-state index is 14.1. The number of hydrogen-bond donors (Lipinski definition) is 1. The van der Waals surface area contributed by atoms with Gasteiger partial charge in [0.1, 0.15) is 0 Å². The van der Waals surface area contributed by atoms with Gasteiger partial charge >= 0.3 is 0 Å². The van der Waals surface area contributed by atoms with Gasteiger partial charge in [-0.05, 0) is 37.8 Å². The highest BCUT2D eigenvalue weighted by Gasteiger charge is 2.27. The van der Waals surface area contributed by atoms with E-state index in [1.165, 1.54) is 11.8 Å². The Labute approximate surface area is 117 Å². The molecule has 0 aliphatic heterocycles. The van der Waals surface area contributed by atoms with Gasteiger partial charge in [0, 0.05) is 18.7 Å². The van der Waals surface area contributed by atoms with Gasteiger partial charge in [0.15, 0.2) is 5.82 Å². The summed E-state index contributed by atoms with van der Waals surface area (Å²) in [6, 6.07) is 4.00. The molecule has 0 fully saturated rings. The van der Waals surface area contributed by atoms with Gasteiger partial charge in [-0.25, -0.2) is 14.4 Å². The van der Waals surface area contributed by atoms with Crippen molar-refractivity contribution in [2.75, 3.05) is 11.9 Å². The Morgan fingerprint density at radius 3 is 3.10 bits per heavy atom. The quantitative estimate of drug-likeness (QED) is 0.933. The van der Waals surface area contributed by atoms with E-state index >= 15 is 0 Å². The standard InChI is InChI=1S/C15H17FN4/c1-2-17-15-19-9-12(16)14(20-15)11-7-3-5-10-6-4-8-18-13(10)11/h4,6,8-9,11H,2-3,5,7H2,1H3,(H,17,19,20). The average molecular weight is 272 g/mol. The maximum absolute atomic E-state index is 14.1. The van der Waals surface area contributed by atoms with Crippen molar-refractivity contribution in [2.24, 2.45) is 0 Å². The Hall–Kier alpha value is -2.04. The van der Waals surface area contributed by atoms with Gasteiger partial charge in [-0.15, -0.1) is 0 Å². The number of nitrogens with one attached hydrogen (secondary N) is 1. The van der Waals surface area contributed by atoms with Crippen LogP contribution in [0.1, 0.15) is 42.6 Å². The van der Waals surface area contributed by atoms with Gasteiger partial charge in [-0.3, -0.25) is 4.98 Å². The molecule has 0 saturated carbocycles. The molecule has 104 valence electrons. The van der Waals surface area contributed by atoms with Crippen LogP contribution < -0.4 is 5.32 Å². The normalized spacial score (nSPS) is 17.6. The number of nitrogens with zero attached hydrogens (tertiary/aromatic N) is 3. The molecule has 2 aromatic rings. The van der Waals surface area contributed by atoms with Crippen LogP contribution in [0.5, 0.6) is 0 Å². The van der Waals surface area contributed by atoms with Crippen LogP contribution in [0.4, 0.5) is 10.3 Å². The Morgan fingerprint density at radius 2 is 2.25 bits per heavy atom. The number of aryl methyl sites for hydroxylation is 1. The van der Waals surface area contributed by atoms with E-state index in [0.29, 0.717) is 18.2 Å². The molecule has 1 atom stereocenters. The molecule has 1 aliphatic rings. The number of hydrogen-bond acceptors (Lipinski definition) is 4. The first-order valence-electron chi connectivity index (χ1n) is 6.99. The summed E-state index contributed by atoms with van der Waals surface area (Å²) in [7, 11) is 0. The number of halogens is 1. The number of anilines is 1. The monoisotopic (exact) mass is 272 g/mol. The van der Waals surface area contributed by atoms with E-state index in [4.69, 9.17) is 0 Å². The molecule has 1 N–H and O–H groups in total. The van der Waals surface area contributed by atoms with Crippen molar-refractivity contribution < 1.29 is 4.39 Å². The second kappa shape index (κ2) is 5.53. The van der Waals surface area contributed by atoms with E-state index < -0.39 is 0 Å². The van der Waals surface area contributed by atoms with Gasteiger partial charge in [0.25, 0.3) is 0 Å². The number of aromatic nitrogens is 3. The van der Waals surface area contributed by atoms with Crippen molar-refractivity contribution in [1.29, 1.82) is 0 Å².